The van der Waals surface area contributed by atoms with Crippen molar-refractivity contribution in [3.8, 4) is 0 Å². The number of carbonyl (C=O) groups is 4. The van der Waals surface area contributed by atoms with Crippen LogP contribution in [0.4, 0.5) is 38.9 Å². The first-order valence-corrected chi connectivity index (χ1v) is 18.4. The Balaban J connectivity index is 1.17. The summed E-state index contributed by atoms with van der Waals surface area (Å²) < 4.78 is 52.7. The maximum absolute atomic E-state index is 14.2. The second kappa shape index (κ2) is 16.5. The smallest absolute Gasteiger partial charge is 0.450 e. The highest BCUT2D eigenvalue weighted by atomic mass is 35.5. The summed E-state index contributed by atoms with van der Waals surface area (Å²) in [7, 11) is 2.00. The topological polar surface area (TPSA) is 161 Å². The lowest BCUT2D eigenvalue weighted by molar-refractivity contribution is -0.154. The number of fused-ring (bicyclic) bond motifs is 1. The molecule has 14 nitrogen and oxygen atoms in total. The number of piperidine rings is 2. The second-order valence-electron chi connectivity index (χ2n) is 14.3. The molecule has 2 aromatic carbocycles. The van der Waals surface area contributed by atoms with Crippen LogP contribution in [0.1, 0.15) is 42.4 Å². The van der Waals surface area contributed by atoms with E-state index in [0.717, 1.165) is 43.2 Å². The van der Waals surface area contributed by atoms with E-state index < -0.39 is 54.3 Å². The van der Waals surface area contributed by atoms with Gasteiger partial charge in [0.2, 0.25) is 0 Å². The molecule has 18 heteroatoms. The van der Waals surface area contributed by atoms with Crippen LogP contribution in [0.15, 0.2) is 36.4 Å². The largest absolute Gasteiger partial charge is 0.507 e. The Morgan fingerprint density at radius 3 is 2.35 bits per heavy atom. The van der Waals surface area contributed by atoms with Crippen LogP contribution in [0.2, 0.25) is 5.02 Å². The van der Waals surface area contributed by atoms with E-state index in [-0.39, 0.29) is 61.4 Å². The van der Waals surface area contributed by atoms with Crippen LogP contribution >= 0.6 is 11.6 Å². The van der Waals surface area contributed by atoms with Crippen molar-refractivity contribution in [2.75, 3.05) is 70.5 Å². The van der Waals surface area contributed by atoms with Crippen molar-refractivity contribution < 1.29 is 46.9 Å². The van der Waals surface area contributed by atoms with Gasteiger partial charge in [-0.2, -0.15) is 13.2 Å². The Kier molecular flexibility index (Phi) is 12.0. The Hall–Kier alpha value is -4.48. The highest BCUT2D eigenvalue weighted by Crippen LogP contribution is 2.38. The molecule has 54 heavy (non-hydrogen) atoms. The van der Waals surface area contributed by atoms with Crippen molar-refractivity contribution in [1.82, 2.24) is 24.5 Å². The molecule has 0 spiro atoms. The summed E-state index contributed by atoms with van der Waals surface area (Å²) in [5.74, 6) is -0.720. The number of alkyl halides is 3. The van der Waals surface area contributed by atoms with E-state index >= 15 is 0 Å². The molecule has 2 atom stereocenters. The number of amides is 4. The number of halogens is 4. The Labute approximate surface area is 315 Å². The average molecular weight is 780 g/mol. The van der Waals surface area contributed by atoms with E-state index in [1.54, 1.807) is 4.90 Å². The molecule has 4 amide bonds. The fourth-order valence-corrected chi connectivity index (χ4v) is 8.09. The van der Waals surface area contributed by atoms with Gasteiger partial charge in [-0.3, -0.25) is 9.69 Å². The lowest BCUT2D eigenvalue weighted by Gasteiger charge is -2.46. The third kappa shape index (κ3) is 9.06. The van der Waals surface area contributed by atoms with Gasteiger partial charge in [0.05, 0.1) is 22.8 Å². The first-order chi connectivity index (χ1) is 25.7. The van der Waals surface area contributed by atoms with Crippen LogP contribution in [0, 0.1) is 0 Å². The number of hydrogen-bond donors (Lipinski definition) is 3. The van der Waals surface area contributed by atoms with Gasteiger partial charge >= 0.3 is 24.5 Å². The number of hydrogen-bond acceptors (Lipinski definition) is 9. The lowest BCUT2D eigenvalue weighted by atomic mass is 10.0. The molecule has 4 N–H and O–H groups in total. The third-order valence-corrected chi connectivity index (χ3v) is 11.1. The number of rotatable bonds is 7. The summed E-state index contributed by atoms with van der Waals surface area (Å²) in [6.45, 7) is 2.76. The summed E-state index contributed by atoms with van der Waals surface area (Å²) in [4.78, 5) is 61.3. The minimum atomic E-state index is -4.84. The van der Waals surface area contributed by atoms with Crippen LogP contribution < -0.4 is 11.1 Å². The first kappa shape index (κ1) is 39.2. The summed E-state index contributed by atoms with van der Waals surface area (Å²) >= 11 is 6.11. The third-order valence-electron chi connectivity index (χ3n) is 10.8. The lowest BCUT2D eigenvalue weighted by Crippen LogP contribution is -2.61. The molecule has 0 aliphatic carbocycles. The van der Waals surface area contributed by atoms with Crippen LogP contribution in [0.3, 0.4) is 0 Å². The monoisotopic (exact) mass is 779 g/mol. The molecule has 4 aliphatic heterocycles. The number of urea groups is 1. The van der Waals surface area contributed by atoms with Crippen LogP contribution in [-0.2, 0) is 33.3 Å². The average Bonchev–Trinajstić information content (AvgIpc) is 3.30. The van der Waals surface area contributed by atoms with Gasteiger partial charge in [-0.05, 0) is 81.6 Å². The van der Waals surface area contributed by atoms with E-state index in [1.165, 1.54) is 15.9 Å². The van der Waals surface area contributed by atoms with E-state index in [2.05, 4.69) is 10.2 Å². The molecule has 3 fully saturated rings. The minimum Gasteiger partial charge on any atom is -0.450 e. The van der Waals surface area contributed by atoms with Crippen molar-refractivity contribution in [2.45, 2.75) is 69.1 Å². The zero-order valence-corrected chi connectivity index (χ0v) is 30.7. The van der Waals surface area contributed by atoms with Crippen LogP contribution in [-0.4, -0.2) is 138 Å². The second-order valence-corrected chi connectivity index (χ2v) is 14.7. The summed E-state index contributed by atoms with van der Waals surface area (Å²) in [5.41, 5.74) is 5.54. The van der Waals surface area contributed by atoms with E-state index in [0.29, 0.717) is 25.8 Å². The normalized spacial score (nSPS) is 21.5. The Morgan fingerprint density at radius 2 is 1.67 bits per heavy atom. The Bertz CT molecular complexity index is 1720. The van der Waals surface area contributed by atoms with Crippen molar-refractivity contribution in [1.29, 1.82) is 0 Å². The summed E-state index contributed by atoms with van der Waals surface area (Å²) in [5, 5.41) is 12.1. The molecule has 4 heterocycles. The maximum atomic E-state index is 14.2. The molecule has 3 saturated heterocycles. The standard InChI is InChI=1S/C36H45ClF3N7O7/c1-43-11-7-24(8-12-43)46-17-16-45(21-30(46)54-35(51)52)32(48)29(20-22-18-26(36(38,39)40)31(41)27(37)19-22)53-34(50)44-13-9-25(10-14-44)47-15-6-23-4-2-3-5-28(23)42-33(47)49/h2-5,18-19,24-25,29-30H,6-17,20-21,41H2,1H3,(H,42,49)(H,51,52)/t29-,30+/m1/s1. The number of carboxylic acid groups (broad SMARTS) is 1. The fourth-order valence-electron chi connectivity index (χ4n) is 7.85. The van der Waals surface area contributed by atoms with Crippen molar-refractivity contribution in [3.05, 3.63) is 58.1 Å². The molecule has 0 radical (unpaired) electrons. The van der Waals surface area contributed by atoms with Crippen molar-refractivity contribution >= 4 is 47.2 Å². The van der Waals surface area contributed by atoms with E-state index in [4.69, 9.17) is 26.8 Å². The van der Waals surface area contributed by atoms with Crippen molar-refractivity contribution in [3.63, 3.8) is 0 Å². The highest BCUT2D eigenvalue weighted by molar-refractivity contribution is 6.33. The van der Waals surface area contributed by atoms with Gasteiger partial charge in [-0.25, -0.2) is 14.4 Å². The highest BCUT2D eigenvalue weighted by Gasteiger charge is 2.41. The minimum absolute atomic E-state index is 0.0211. The molecule has 4 aliphatic rings. The predicted octanol–water partition coefficient (Wildman–Crippen LogP) is 4.80. The molecular formula is C36H45ClF3N7O7. The molecule has 294 valence electrons. The molecule has 0 aromatic heterocycles. The number of likely N-dealkylation sites (tertiary alicyclic amines) is 2. The molecule has 2 aromatic rings. The van der Waals surface area contributed by atoms with Gasteiger partial charge < -0.3 is 45.2 Å². The van der Waals surface area contributed by atoms with Gasteiger partial charge in [0.25, 0.3) is 5.91 Å². The number of carbonyl (C=O) groups excluding carboxylic acids is 3. The fraction of sp³-hybridized carbons (Fsp3) is 0.556. The summed E-state index contributed by atoms with van der Waals surface area (Å²) in [6.07, 6.45) is -7.18. The van der Waals surface area contributed by atoms with E-state index in [1.807, 2.05) is 36.2 Å². The molecule has 0 saturated carbocycles. The summed E-state index contributed by atoms with van der Waals surface area (Å²) in [6, 6.07) is 9.19. The van der Waals surface area contributed by atoms with E-state index in [9.17, 15) is 37.5 Å². The molecule has 6 rings (SSSR count). The number of ether oxygens (including phenoxy) is 2. The van der Waals surface area contributed by atoms with Gasteiger partial charge in [0.1, 0.15) is 0 Å². The molecule has 0 unspecified atom stereocenters. The number of para-hydroxylation sites is 1. The molecule has 0 bridgehead atoms. The van der Waals surface area contributed by atoms with Crippen LogP contribution in [0.25, 0.3) is 0 Å². The zero-order chi connectivity index (χ0) is 38.7. The zero-order valence-electron chi connectivity index (χ0n) is 29.9. The van der Waals surface area contributed by atoms with Gasteiger partial charge in [0, 0.05) is 56.9 Å². The first-order valence-electron chi connectivity index (χ1n) is 18.1. The quantitative estimate of drug-likeness (QED) is 0.263. The number of nitrogens with one attached hydrogen (secondary N) is 1. The number of nitrogen functional groups attached to an aromatic ring is 1. The Morgan fingerprint density at radius 1 is 0.981 bits per heavy atom. The molecular weight excluding hydrogens is 735 g/mol. The van der Waals surface area contributed by atoms with Crippen molar-refractivity contribution in [2.24, 2.45) is 0 Å². The number of benzene rings is 2. The maximum Gasteiger partial charge on any atom is 0.507 e. The number of nitrogens with two attached hydrogens (primary N) is 1. The number of nitrogens with zero attached hydrogens (tertiary/aromatic N) is 5. The van der Waals surface area contributed by atoms with Gasteiger partial charge in [0.15, 0.2) is 12.3 Å². The van der Waals surface area contributed by atoms with Gasteiger partial charge in [-0.15, -0.1) is 0 Å². The number of piperazine rings is 1. The predicted molar refractivity (Wildman–Crippen MR) is 192 cm³/mol. The van der Waals surface area contributed by atoms with Crippen LogP contribution in [0.5, 0.6) is 0 Å². The van der Waals surface area contributed by atoms with Gasteiger partial charge in [-0.1, -0.05) is 29.8 Å². The SMILES string of the molecule is CN1CCC(N2CCN(C(=O)[C@@H](Cc3cc(Cl)c(N)c(C(F)(F)F)c3)OC(=O)N3CCC(N4CCc5ccccc5NC4=O)CC3)C[C@@H]2OC(=O)O)CC1. The number of anilines is 2.